The molecule has 0 amide bonds. The first-order valence-corrected chi connectivity index (χ1v) is 7.08. The van der Waals surface area contributed by atoms with Gasteiger partial charge in [0.1, 0.15) is 11.0 Å². The van der Waals surface area contributed by atoms with E-state index in [1.807, 2.05) is 11.6 Å². The van der Waals surface area contributed by atoms with Crippen LogP contribution in [0.4, 0.5) is 0 Å². The summed E-state index contributed by atoms with van der Waals surface area (Å²) in [6, 6.07) is 9.26. The number of halogens is 1. The molecule has 0 aliphatic heterocycles. The first-order chi connectivity index (χ1) is 9.24. The number of benzene rings is 1. The molecule has 1 N–H and O–H groups in total. The van der Waals surface area contributed by atoms with Gasteiger partial charge in [-0.15, -0.1) is 0 Å². The number of hydrogen-bond acceptors (Lipinski definition) is 2. The lowest BCUT2D eigenvalue weighted by molar-refractivity contribution is 0.448. The van der Waals surface area contributed by atoms with Crippen LogP contribution in [0.1, 0.15) is 23.4 Å². The quantitative estimate of drug-likeness (QED) is 0.933. The Bertz CT molecular complexity index is 577. The molecule has 0 fully saturated rings. The van der Waals surface area contributed by atoms with Gasteiger partial charge < -0.3 is 9.88 Å². The minimum atomic E-state index is 0.533. The molecule has 100 valence electrons. The van der Waals surface area contributed by atoms with Gasteiger partial charge in [-0.25, -0.2) is 4.98 Å². The van der Waals surface area contributed by atoms with E-state index in [1.165, 1.54) is 17.5 Å². The Labute approximate surface area is 118 Å². The maximum Gasteiger partial charge on any atom is 0.128 e. The smallest absolute Gasteiger partial charge is 0.128 e. The lowest BCUT2D eigenvalue weighted by Crippen LogP contribution is -2.34. The largest absolute Gasteiger partial charge is 0.321 e. The molecule has 1 unspecified atom stereocenters. The number of aromatic nitrogens is 2. The summed E-state index contributed by atoms with van der Waals surface area (Å²) >= 11 is 5.99. The van der Waals surface area contributed by atoms with Crippen molar-refractivity contribution in [3.8, 4) is 0 Å². The normalized spacial score (nSPS) is 18.3. The average molecular weight is 276 g/mol. The zero-order valence-corrected chi connectivity index (χ0v) is 11.8. The minimum Gasteiger partial charge on any atom is -0.321 e. The third-order valence-electron chi connectivity index (χ3n) is 3.92. The van der Waals surface area contributed by atoms with Crippen molar-refractivity contribution in [2.45, 2.75) is 31.8 Å². The highest BCUT2D eigenvalue weighted by Gasteiger charge is 2.18. The SMILES string of the molecule is Cn1c(Cl)cnc1CNC1CCc2ccccc2C1. The van der Waals surface area contributed by atoms with Crippen LogP contribution in [0.5, 0.6) is 0 Å². The molecular formula is C15H18ClN3. The van der Waals surface area contributed by atoms with Crippen molar-refractivity contribution in [3.63, 3.8) is 0 Å². The highest BCUT2D eigenvalue weighted by molar-refractivity contribution is 6.29. The van der Waals surface area contributed by atoms with Gasteiger partial charge in [-0.2, -0.15) is 0 Å². The fourth-order valence-electron chi connectivity index (χ4n) is 2.70. The molecule has 1 aromatic carbocycles. The maximum absolute atomic E-state index is 5.99. The van der Waals surface area contributed by atoms with Gasteiger partial charge in [0.25, 0.3) is 0 Å². The van der Waals surface area contributed by atoms with E-state index in [0.717, 1.165) is 25.2 Å². The van der Waals surface area contributed by atoms with E-state index in [4.69, 9.17) is 11.6 Å². The molecule has 1 atom stereocenters. The van der Waals surface area contributed by atoms with E-state index in [-0.39, 0.29) is 0 Å². The van der Waals surface area contributed by atoms with Crippen molar-refractivity contribution >= 4 is 11.6 Å². The summed E-state index contributed by atoms with van der Waals surface area (Å²) in [5.41, 5.74) is 2.98. The Morgan fingerprint density at radius 2 is 2.16 bits per heavy atom. The molecule has 2 aromatic rings. The second kappa shape index (κ2) is 5.35. The first-order valence-electron chi connectivity index (χ1n) is 6.70. The van der Waals surface area contributed by atoms with Gasteiger partial charge in [0.2, 0.25) is 0 Å². The summed E-state index contributed by atoms with van der Waals surface area (Å²) in [4.78, 5) is 4.31. The summed E-state index contributed by atoms with van der Waals surface area (Å²) in [7, 11) is 1.95. The van der Waals surface area contributed by atoms with Crippen molar-refractivity contribution in [3.05, 3.63) is 52.6 Å². The van der Waals surface area contributed by atoms with Crippen LogP contribution in [0.15, 0.2) is 30.5 Å². The molecule has 1 aromatic heterocycles. The van der Waals surface area contributed by atoms with E-state index in [0.29, 0.717) is 11.2 Å². The molecule has 0 radical (unpaired) electrons. The van der Waals surface area contributed by atoms with Gasteiger partial charge in [0, 0.05) is 13.1 Å². The van der Waals surface area contributed by atoms with E-state index in [9.17, 15) is 0 Å². The van der Waals surface area contributed by atoms with Gasteiger partial charge >= 0.3 is 0 Å². The number of nitrogens with one attached hydrogen (secondary N) is 1. The van der Waals surface area contributed by atoms with Crippen LogP contribution < -0.4 is 5.32 Å². The van der Waals surface area contributed by atoms with Crippen LogP contribution >= 0.6 is 11.6 Å². The number of imidazole rings is 1. The molecule has 0 saturated carbocycles. The van der Waals surface area contributed by atoms with Crippen molar-refractivity contribution in [2.75, 3.05) is 0 Å². The third kappa shape index (κ3) is 2.67. The first kappa shape index (κ1) is 12.7. The molecule has 0 spiro atoms. The highest BCUT2D eigenvalue weighted by Crippen LogP contribution is 2.21. The number of nitrogens with zero attached hydrogens (tertiary/aromatic N) is 2. The molecule has 0 bridgehead atoms. The standard InChI is InChI=1S/C15H18ClN3/c1-19-14(16)9-18-15(19)10-17-13-7-6-11-4-2-3-5-12(11)8-13/h2-5,9,13,17H,6-8,10H2,1H3. The molecule has 1 aliphatic carbocycles. The predicted octanol–water partition coefficient (Wildman–Crippen LogP) is 2.72. The third-order valence-corrected chi connectivity index (χ3v) is 4.27. The Hall–Kier alpha value is -1.32. The van der Waals surface area contributed by atoms with Crippen LogP contribution in [0.25, 0.3) is 0 Å². The van der Waals surface area contributed by atoms with Crippen LogP contribution in [0.2, 0.25) is 5.15 Å². The van der Waals surface area contributed by atoms with Crippen molar-refractivity contribution in [1.82, 2.24) is 14.9 Å². The summed E-state index contributed by atoms with van der Waals surface area (Å²) in [5, 5.41) is 4.28. The lowest BCUT2D eigenvalue weighted by Gasteiger charge is -2.25. The van der Waals surface area contributed by atoms with Crippen LogP contribution in [-0.4, -0.2) is 15.6 Å². The summed E-state index contributed by atoms with van der Waals surface area (Å²) in [6.07, 6.45) is 5.16. The number of aryl methyl sites for hydroxylation is 1. The molecule has 0 saturated heterocycles. The maximum atomic E-state index is 5.99. The molecule has 3 rings (SSSR count). The molecule has 19 heavy (non-hydrogen) atoms. The molecular weight excluding hydrogens is 258 g/mol. The van der Waals surface area contributed by atoms with Crippen LogP contribution in [0.3, 0.4) is 0 Å². The Balaban J connectivity index is 1.62. The Kier molecular flexibility index (Phi) is 3.58. The monoisotopic (exact) mass is 275 g/mol. The second-order valence-electron chi connectivity index (χ2n) is 5.15. The van der Waals surface area contributed by atoms with Crippen molar-refractivity contribution in [2.24, 2.45) is 7.05 Å². The van der Waals surface area contributed by atoms with Gasteiger partial charge in [0.05, 0.1) is 12.7 Å². The summed E-state index contributed by atoms with van der Waals surface area (Å²) in [6.45, 7) is 0.774. The van der Waals surface area contributed by atoms with E-state index >= 15 is 0 Å². The van der Waals surface area contributed by atoms with Crippen molar-refractivity contribution < 1.29 is 0 Å². The van der Waals surface area contributed by atoms with E-state index in [2.05, 4.69) is 34.6 Å². The topological polar surface area (TPSA) is 29.9 Å². The lowest BCUT2D eigenvalue weighted by atomic mass is 9.88. The second-order valence-corrected chi connectivity index (χ2v) is 5.53. The van der Waals surface area contributed by atoms with Crippen LogP contribution in [-0.2, 0) is 26.4 Å². The Morgan fingerprint density at radius 3 is 2.89 bits per heavy atom. The number of rotatable bonds is 3. The van der Waals surface area contributed by atoms with Gasteiger partial charge in [-0.05, 0) is 30.4 Å². The highest BCUT2D eigenvalue weighted by atomic mass is 35.5. The Morgan fingerprint density at radius 1 is 1.37 bits per heavy atom. The molecule has 4 heteroatoms. The zero-order chi connectivity index (χ0) is 13.2. The van der Waals surface area contributed by atoms with Gasteiger partial charge in [0.15, 0.2) is 0 Å². The van der Waals surface area contributed by atoms with E-state index < -0.39 is 0 Å². The van der Waals surface area contributed by atoms with E-state index in [1.54, 1.807) is 6.20 Å². The zero-order valence-electron chi connectivity index (χ0n) is 11.1. The average Bonchev–Trinajstić information content (AvgIpc) is 2.76. The number of fused-ring (bicyclic) bond motifs is 1. The molecule has 1 heterocycles. The number of hydrogen-bond donors (Lipinski definition) is 1. The molecule has 3 nitrogen and oxygen atoms in total. The summed E-state index contributed by atoms with van der Waals surface area (Å²) < 4.78 is 1.92. The predicted molar refractivity (Wildman–Crippen MR) is 77.3 cm³/mol. The van der Waals surface area contributed by atoms with Crippen molar-refractivity contribution in [1.29, 1.82) is 0 Å². The minimum absolute atomic E-state index is 0.533. The van der Waals surface area contributed by atoms with Gasteiger partial charge in [-0.3, -0.25) is 0 Å². The molecule has 1 aliphatic rings. The fraction of sp³-hybridized carbons (Fsp3) is 0.400. The fourth-order valence-corrected chi connectivity index (χ4v) is 2.84. The van der Waals surface area contributed by atoms with Crippen LogP contribution in [0, 0.1) is 0 Å². The van der Waals surface area contributed by atoms with Gasteiger partial charge in [-0.1, -0.05) is 35.9 Å². The summed E-state index contributed by atoms with van der Waals surface area (Å²) in [5.74, 6) is 0.990.